The average Bonchev–Trinajstić information content (AvgIpc) is 2.40. The quantitative estimate of drug-likeness (QED) is 0.702. The minimum atomic E-state index is -0.768. The largest absolute Gasteiger partial charge is 0.351 e. The fourth-order valence-electron chi connectivity index (χ4n) is 1.51. The minimum Gasteiger partial charge on any atom is -0.351 e. The van der Waals surface area contributed by atoms with Gasteiger partial charge in [-0.05, 0) is 17.7 Å². The zero-order valence-electron chi connectivity index (χ0n) is 7.16. The Kier molecular flexibility index (Phi) is 1.93. The molecule has 4 nitrogen and oxygen atoms in total. The van der Waals surface area contributed by atoms with Gasteiger partial charge in [-0.2, -0.15) is 0 Å². The number of amides is 3. The third-order valence-electron chi connectivity index (χ3n) is 2.10. The first-order valence-electron chi connectivity index (χ1n) is 4.00. The second kappa shape index (κ2) is 2.99. The Morgan fingerprint density at radius 1 is 1.50 bits per heavy atom. The molecule has 2 rings (SSSR count). The number of rotatable bonds is 0. The molecule has 1 aliphatic heterocycles. The highest BCUT2D eigenvalue weighted by molar-refractivity contribution is 6.31. The summed E-state index contributed by atoms with van der Waals surface area (Å²) in [5.41, 5.74) is 6.35. The average molecular weight is 211 g/mol. The van der Waals surface area contributed by atoms with E-state index in [1.165, 1.54) is 0 Å². The normalized spacial score (nSPS) is 14.4. The lowest BCUT2D eigenvalue weighted by Gasteiger charge is -2.11. The maximum Gasteiger partial charge on any atom is 0.326 e. The summed E-state index contributed by atoms with van der Waals surface area (Å²) < 4.78 is 0. The summed E-state index contributed by atoms with van der Waals surface area (Å²) in [5.74, 6) is -0.310. The summed E-state index contributed by atoms with van der Waals surface area (Å²) in [5, 5.41) is 0.477. The number of anilines is 1. The van der Waals surface area contributed by atoms with Gasteiger partial charge in [0.05, 0.1) is 12.1 Å². The standard InChI is InChI=1S/C9H7ClN2O2/c10-6-2-1-5-3-8(13)12(9(11)14)7(5)4-6/h1-2,4H,3H2,(H2,11,14). The predicted octanol–water partition coefficient (Wildman–Crippen LogP) is 1.31. The zero-order valence-corrected chi connectivity index (χ0v) is 7.91. The van der Waals surface area contributed by atoms with Gasteiger partial charge in [0.1, 0.15) is 0 Å². The number of carbonyl (C=O) groups is 2. The molecule has 0 radical (unpaired) electrons. The highest BCUT2D eigenvalue weighted by atomic mass is 35.5. The first kappa shape index (κ1) is 9.02. The third kappa shape index (κ3) is 1.24. The lowest BCUT2D eigenvalue weighted by Crippen LogP contribution is -2.38. The Labute approximate surface area is 85.2 Å². The summed E-state index contributed by atoms with van der Waals surface area (Å²) >= 11 is 5.75. The minimum absolute atomic E-state index is 0.204. The van der Waals surface area contributed by atoms with Crippen LogP contribution in [0.25, 0.3) is 0 Å². The number of halogens is 1. The van der Waals surface area contributed by atoms with Crippen LogP contribution in [0.4, 0.5) is 10.5 Å². The summed E-state index contributed by atoms with van der Waals surface area (Å²) in [7, 11) is 0. The van der Waals surface area contributed by atoms with E-state index in [9.17, 15) is 9.59 Å². The molecular weight excluding hydrogens is 204 g/mol. The second-order valence-corrected chi connectivity index (χ2v) is 3.45. The number of carbonyl (C=O) groups excluding carboxylic acids is 2. The molecule has 0 bridgehead atoms. The van der Waals surface area contributed by atoms with Crippen molar-refractivity contribution < 1.29 is 9.59 Å². The number of fused-ring (bicyclic) bond motifs is 1. The summed E-state index contributed by atoms with van der Waals surface area (Å²) in [6.45, 7) is 0. The highest BCUT2D eigenvalue weighted by Gasteiger charge is 2.30. The fraction of sp³-hybridized carbons (Fsp3) is 0.111. The van der Waals surface area contributed by atoms with Gasteiger partial charge in [0.15, 0.2) is 0 Å². The number of nitrogens with zero attached hydrogens (tertiary/aromatic N) is 1. The van der Waals surface area contributed by atoms with Crippen molar-refractivity contribution in [1.29, 1.82) is 0 Å². The molecule has 2 N–H and O–H groups in total. The molecule has 0 aromatic heterocycles. The van der Waals surface area contributed by atoms with Crippen molar-refractivity contribution in [2.75, 3.05) is 4.90 Å². The first-order chi connectivity index (χ1) is 6.59. The number of hydrogen-bond donors (Lipinski definition) is 1. The van der Waals surface area contributed by atoms with Gasteiger partial charge in [0.25, 0.3) is 0 Å². The van der Waals surface area contributed by atoms with E-state index in [1.54, 1.807) is 18.2 Å². The Balaban J connectivity index is 2.55. The van der Waals surface area contributed by atoms with Gasteiger partial charge in [0, 0.05) is 5.02 Å². The van der Waals surface area contributed by atoms with Crippen LogP contribution in [0.2, 0.25) is 5.02 Å². The van der Waals surface area contributed by atoms with Crippen LogP contribution in [0.1, 0.15) is 5.56 Å². The lowest BCUT2D eigenvalue weighted by atomic mass is 10.2. The van der Waals surface area contributed by atoms with Crippen LogP contribution >= 0.6 is 11.6 Å². The van der Waals surface area contributed by atoms with Crippen LogP contribution in [0, 0.1) is 0 Å². The number of imide groups is 1. The molecule has 0 atom stereocenters. The van der Waals surface area contributed by atoms with Gasteiger partial charge in [-0.15, -0.1) is 0 Å². The fourth-order valence-corrected chi connectivity index (χ4v) is 1.68. The van der Waals surface area contributed by atoms with E-state index in [-0.39, 0.29) is 12.3 Å². The highest BCUT2D eigenvalue weighted by Crippen LogP contribution is 2.31. The third-order valence-corrected chi connectivity index (χ3v) is 2.33. The number of urea groups is 1. The Bertz CT molecular complexity index is 431. The molecule has 0 spiro atoms. The Morgan fingerprint density at radius 3 is 2.86 bits per heavy atom. The van der Waals surface area contributed by atoms with Gasteiger partial charge in [-0.3, -0.25) is 4.79 Å². The van der Waals surface area contributed by atoms with E-state index in [2.05, 4.69) is 0 Å². The van der Waals surface area contributed by atoms with Crippen LogP contribution < -0.4 is 10.6 Å². The molecule has 1 aliphatic rings. The molecule has 0 fully saturated rings. The topological polar surface area (TPSA) is 63.4 Å². The number of primary amides is 1. The maximum atomic E-state index is 11.4. The lowest BCUT2D eigenvalue weighted by molar-refractivity contribution is -0.116. The number of benzene rings is 1. The van der Waals surface area contributed by atoms with Gasteiger partial charge in [0.2, 0.25) is 5.91 Å². The van der Waals surface area contributed by atoms with Crippen molar-refractivity contribution >= 4 is 29.2 Å². The maximum absolute atomic E-state index is 11.4. The van der Waals surface area contributed by atoms with Crippen LogP contribution in [-0.2, 0) is 11.2 Å². The Morgan fingerprint density at radius 2 is 2.21 bits per heavy atom. The van der Waals surface area contributed by atoms with Gasteiger partial charge >= 0.3 is 6.03 Å². The van der Waals surface area contributed by atoms with Crippen molar-refractivity contribution in [3.63, 3.8) is 0 Å². The van der Waals surface area contributed by atoms with E-state index < -0.39 is 6.03 Å². The van der Waals surface area contributed by atoms with E-state index in [1.807, 2.05) is 0 Å². The zero-order chi connectivity index (χ0) is 10.3. The van der Waals surface area contributed by atoms with Crippen molar-refractivity contribution in [3.05, 3.63) is 28.8 Å². The molecule has 1 heterocycles. The van der Waals surface area contributed by atoms with Crippen molar-refractivity contribution in [2.24, 2.45) is 5.73 Å². The van der Waals surface area contributed by atoms with Crippen LogP contribution in [0.15, 0.2) is 18.2 Å². The summed E-state index contributed by atoms with van der Waals surface area (Å²) in [6, 6.07) is 4.19. The molecule has 3 amide bonds. The van der Waals surface area contributed by atoms with E-state index in [0.29, 0.717) is 10.7 Å². The molecule has 0 saturated carbocycles. The van der Waals surface area contributed by atoms with Gasteiger partial charge in [-0.25, -0.2) is 9.69 Å². The van der Waals surface area contributed by atoms with E-state index in [0.717, 1.165) is 10.5 Å². The van der Waals surface area contributed by atoms with Gasteiger partial charge < -0.3 is 5.73 Å². The van der Waals surface area contributed by atoms with Gasteiger partial charge in [-0.1, -0.05) is 17.7 Å². The van der Waals surface area contributed by atoms with Crippen LogP contribution in [0.3, 0.4) is 0 Å². The predicted molar refractivity (Wildman–Crippen MR) is 52.2 cm³/mol. The molecule has 0 unspecified atom stereocenters. The molecule has 5 heteroatoms. The monoisotopic (exact) mass is 210 g/mol. The smallest absolute Gasteiger partial charge is 0.326 e. The van der Waals surface area contributed by atoms with Crippen LogP contribution in [0.5, 0.6) is 0 Å². The molecule has 0 saturated heterocycles. The van der Waals surface area contributed by atoms with Crippen molar-refractivity contribution in [1.82, 2.24) is 0 Å². The van der Waals surface area contributed by atoms with E-state index >= 15 is 0 Å². The molecule has 1 aromatic carbocycles. The SMILES string of the molecule is NC(=O)N1C(=O)Cc2ccc(Cl)cc21. The van der Waals surface area contributed by atoms with E-state index in [4.69, 9.17) is 17.3 Å². The Hall–Kier alpha value is -1.55. The van der Waals surface area contributed by atoms with Crippen molar-refractivity contribution in [2.45, 2.75) is 6.42 Å². The van der Waals surface area contributed by atoms with Crippen molar-refractivity contribution in [3.8, 4) is 0 Å². The molecule has 0 aliphatic carbocycles. The molecule has 14 heavy (non-hydrogen) atoms. The number of nitrogens with two attached hydrogens (primary N) is 1. The summed E-state index contributed by atoms with van der Waals surface area (Å²) in [6.07, 6.45) is 0.204. The van der Waals surface area contributed by atoms with Crippen LogP contribution in [-0.4, -0.2) is 11.9 Å². The molecule has 72 valence electrons. The summed E-state index contributed by atoms with van der Waals surface area (Å²) in [4.78, 5) is 23.3. The first-order valence-corrected chi connectivity index (χ1v) is 4.38. The number of hydrogen-bond acceptors (Lipinski definition) is 2. The second-order valence-electron chi connectivity index (χ2n) is 3.02. The molecular formula is C9H7ClN2O2. The molecule has 1 aromatic rings.